The molecule has 0 aliphatic rings. The monoisotopic (exact) mass is 529 g/mol. The molecular formula is C23H29Cl2N3O5S. The van der Waals surface area contributed by atoms with Crippen molar-refractivity contribution in [2.24, 2.45) is 0 Å². The molecule has 1 N–H and O–H groups in total. The molecule has 34 heavy (non-hydrogen) atoms. The van der Waals surface area contributed by atoms with Crippen LogP contribution in [-0.4, -0.2) is 57.6 Å². The summed E-state index contributed by atoms with van der Waals surface area (Å²) >= 11 is 12.1. The van der Waals surface area contributed by atoms with E-state index in [1.54, 1.807) is 49.4 Å². The highest BCUT2D eigenvalue weighted by molar-refractivity contribution is 7.92. The second-order valence-corrected chi connectivity index (χ2v) is 10.4. The minimum atomic E-state index is -3.86. The number of carbonyl (C=O) groups excluding carboxylic acids is 2. The zero-order chi connectivity index (χ0) is 25.5. The van der Waals surface area contributed by atoms with Crippen LogP contribution in [0.2, 0.25) is 10.0 Å². The van der Waals surface area contributed by atoms with Crippen molar-refractivity contribution >= 4 is 50.7 Å². The Balaban J connectivity index is 2.43. The predicted octanol–water partition coefficient (Wildman–Crippen LogP) is 3.71. The zero-order valence-corrected chi connectivity index (χ0v) is 21.9. The summed E-state index contributed by atoms with van der Waals surface area (Å²) in [5.41, 5.74) is 0.861. The van der Waals surface area contributed by atoms with E-state index in [0.29, 0.717) is 27.9 Å². The number of nitrogens with one attached hydrogen (secondary N) is 1. The van der Waals surface area contributed by atoms with E-state index >= 15 is 0 Å². The number of hydrogen-bond donors (Lipinski definition) is 1. The Hall–Kier alpha value is -2.49. The van der Waals surface area contributed by atoms with Crippen molar-refractivity contribution in [2.45, 2.75) is 32.9 Å². The molecule has 0 fully saturated rings. The number of ether oxygens (including phenoxy) is 1. The molecule has 0 aliphatic heterocycles. The van der Waals surface area contributed by atoms with Gasteiger partial charge in [0.05, 0.1) is 29.1 Å². The van der Waals surface area contributed by atoms with Gasteiger partial charge in [-0.1, -0.05) is 48.3 Å². The summed E-state index contributed by atoms with van der Waals surface area (Å²) in [6.07, 6.45) is 1.74. The number of anilines is 1. The largest absolute Gasteiger partial charge is 0.495 e. The van der Waals surface area contributed by atoms with Crippen LogP contribution in [0.4, 0.5) is 5.69 Å². The minimum Gasteiger partial charge on any atom is -0.495 e. The molecule has 0 saturated carbocycles. The Kier molecular flexibility index (Phi) is 10.0. The maximum atomic E-state index is 13.5. The van der Waals surface area contributed by atoms with E-state index in [1.807, 2.05) is 6.92 Å². The lowest BCUT2D eigenvalue weighted by Gasteiger charge is -2.31. The second-order valence-electron chi connectivity index (χ2n) is 7.68. The van der Waals surface area contributed by atoms with Crippen molar-refractivity contribution in [1.29, 1.82) is 0 Å². The third-order valence-electron chi connectivity index (χ3n) is 5.09. The normalized spacial score (nSPS) is 12.1. The summed E-state index contributed by atoms with van der Waals surface area (Å²) in [5.74, 6) is -0.620. The number of para-hydroxylation sites is 2. The number of benzene rings is 2. The molecule has 0 heterocycles. The molecule has 0 saturated heterocycles. The van der Waals surface area contributed by atoms with E-state index in [0.717, 1.165) is 17.0 Å². The van der Waals surface area contributed by atoms with Gasteiger partial charge in [0, 0.05) is 13.1 Å². The molecule has 2 amide bonds. The fourth-order valence-corrected chi connectivity index (χ4v) is 4.42. The van der Waals surface area contributed by atoms with Gasteiger partial charge in [-0.25, -0.2) is 8.42 Å². The zero-order valence-electron chi connectivity index (χ0n) is 19.5. The molecule has 0 aliphatic carbocycles. The van der Waals surface area contributed by atoms with E-state index in [-0.39, 0.29) is 18.1 Å². The van der Waals surface area contributed by atoms with Crippen LogP contribution < -0.4 is 14.4 Å². The Labute approximate surface area is 210 Å². The van der Waals surface area contributed by atoms with E-state index in [4.69, 9.17) is 27.9 Å². The number of halogens is 2. The maximum absolute atomic E-state index is 13.5. The number of carbonyl (C=O) groups is 2. The molecule has 2 aromatic rings. The van der Waals surface area contributed by atoms with E-state index in [9.17, 15) is 18.0 Å². The van der Waals surface area contributed by atoms with Gasteiger partial charge >= 0.3 is 0 Å². The standard InChI is InChI=1S/C23H29Cl2N3O5S/c1-5-12-26-23(30)16(2)27(14-17-10-11-18(24)19(25)13-17)22(29)15-28(34(4,31)32)20-8-6-7-9-21(20)33-3/h6-11,13,16H,5,12,14-15H2,1-4H3,(H,26,30)/t16-/m0/s1. The van der Waals surface area contributed by atoms with Gasteiger partial charge in [-0.3, -0.25) is 13.9 Å². The lowest BCUT2D eigenvalue weighted by molar-refractivity contribution is -0.139. The first-order valence-electron chi connectivity index (χ1n) is 10.6. The van der Waals surface area contributed by atoms with Crippen LogP contribution in [-0.2, 0) is 26.2 Å². The van der Waals surface area contributed by atoms with Crippen LogP contribution >= 0.6 is 23.2 Å². The van der Waals surface area contributed by atoms with Gasteiger partial charge in [0.1, 0.15) is 18.3 Å². The number of amides is 2. The number of methoxy groups -OCH3 is 1. The average molecular weight is 530 g/mol. The van der Waals surface area contributed by atoms with Gasteiger partial charge in [0.15, 0.2) is 0 Å². The first kappa shape index (κ1) is 27.8. The molecule has 2 aromatic carbocycles. The van der Waals surface area contributed by atoms with E-state index in [2.05, 4.69) is 5.32 Å². The summed E-state index contributed by atoms with van der Waals surface area (Å²) in [4.78, 5) is 27.5. The van der Waals surface area contributed by atoms with Gasteiger partial charge < -0.3 is 15.0 Å². The first-order valence-corrected chi connectivity index (χ1v) is 13.2. The third kappa shape index (κ3) is 7.25. The lowest BCUT2D eigenvalue weighted by Crippen LogP contribution is -2.51. The van der Waals surface area contributed by atoms with Gasteiger partial charge in [-0.05, 0) is 43.2 Å². The predicted molar refractivity (Wildman–Crippen MR) is 135 cm³/mol. The number of nitrogens with zero attached hydrogens (tertiary/aromatic N) is 2. The molecule has 0 spiro atoms. The average Bonchev–Trinajstić information content (AvgIpc) is 2.80. The van der Waals surface area contributed by atoms with Crippen LogP contribution in [0.5, 0.6) is 5.75 Å². The molecule has 8 nitrogen and oxygen atoms in total. The van der Waals surface area contributed by atoms with Crippen molar-refractivity contribution in [3.05, 3.63) is 58.1 Å². The van der Waals surface area contributed by atoms with Gasteiger partial charge in [-0.15, -0.1) is 0 Å². The molecule has 0 aromatic heterocycles. The third-order valence-corrected chi connectivity index (χ3v) is 6.95. The van der Waals surface area contributed by atoms with Crippen LogP contribution in [0.15, 0.2) is 42.5 Å². The summed E-state index contributed by atoms with van der Waals surface area (Å²) in [5, 5.41) is 3.44. The van der Waals surface area contributed by atoms with Crippen LogP contribution in [0.1, 0.15) is 25.8 Å². The lowest BCUT2D eigenvalue weighted by atomic mass is 10.1. The molecule has 186 valence electrons. The van der Waals surface area contributed by atoms with Crippen molar-refractivity contribution in [1.82, 2.24) is 10.2 Å². The number of hydrogen-bond acceptors (Lipinski definition) is 5. The SMILES string of the molecule is CCCNC(=O)[C@H](C)N(Cc1ccc(Cl)c(Cl)c1)C(=O)CN(c1ccccc1OC)S(C)(=O)=O. The fourth-order valence-electron chi connectivity index (χ4n) is 3.24. The molecular weight excluding hydrogens is 501 g/mol. The highest BCUT2D eigenvalue weighted by Crippen LogP contribution is 2.30. The quantitative estimate of drug-likeness (QED) is 0.478. The van der Waals surface area contributed by atoms with Gasteiger partial charge in [0.25, 0.3) is 0 Å². The van der Waals surface area contributed by atoms with Crippen LogP contribution in [0, 0.1) is 0 Å². The Morgan fingerprint density at radius 1 is 1.12 bits per heavy atom. The second kappa shape index (κ2) is 12.3. The maximum Gasteiger partial charge on any atom is 0.244 e. The molecule has 0 radical (unpaired) electrons. The summed E-state index contributed by atoms with van der Waals surface area (Å²) in [6, 6.07) is 10.5. The highest BCUT2D eigenvalue weighted by atomic mass is 35.5. The van der Waals surface area contributed by atoms with Crippen LogP contribution in [0.3, 0.4) is 0 Å². The van der Waals surface area contributed by atoms with E-state index < -0.39 is 28.5 Å². The Morgan fingerprint density at radius 3 is 2.38 bits per heavy atom. The molecule has 1 atom stereocenters. The van der Waals surface area contributed by atoms with E-state index in [1.165, 1.54) is 12.0 Å². The first-order chi connectivity index (χ1) is 16.0. The van der Waals surface area contributed by atoms with Crippen molar-refractivity contribution in [2.75, 3.05) is 30.8 Å². The summed E-state index contributed by atoms with van der Waals surface area (Å²) < 4.78 is 31.5. The topological polar surface area (TPSA) is 96.0 Å². The van der Waals surface area contributed by atoms with Crippen molar-refractivity contribution in [3.63, 3.8) is 0 Å². The van der Waals surface area contributed by atoms with Gasteiger partial charge in [0.2, 0.25) is 21.8 Å². The van der Waals surface area contributed by atoms with Crippen LogP contribution in [0.25, 0.3) is 0 Å². The van der Waals surface area contributed by atoms with Crippen molar-refractivity contribution < 1.29 is 22.7 Å². The molecule has 0 bridgehead atoms. The number of rotatable bonds is 11. The smallest absolute Gasteiger partial charge is 0.244 e. The molecule has 2 rings (SSSR count). The van der Waals surface area contributed by atoms with Gasteiger partial charge in [-0.2, -0.15) is 0 Å². The van der Waals surface area contributed by atoms with Crippen molar-refractivity contribution in [3.8, 4) is 5.75 Å². The minimum absolute atomic E-state index is 0.0277. The number of sulfonamides is 1. The summed E-state index contributed by atoms with van der Waals surface area (Å²) in [7, 11) is -2.44. The molecule has 11 heteroatoms. The fraction of sp³-hybridized carbons (Fsp3) is 0.391. The Morgan fingerprint density at radius 2 is 1.79 bits per heavy atom. The summed E-state index contributed by atoms with van der Waals surface area (Å²) in [6.45, 7) is 3.47. The Bertz CT molecular complexity index is 1130. The molecule has 0 unspecified atom stereocenters. The highest BCUT2D eigenvalue weighted by Gasteiger charge is 2.31.